The van der Waals surface area contributed by atoms with Gasteiger partial charge in [-0.1, -0.05) is 4.13 Å². The quantitative estimate of drug-likeness (QED) is 0.604. The van der Waals surface area contributed by atoms with Gasteiger partial charge in [-0.3, -0.25) is 0 Å². The molecule has 0 saturated heterocycles. The van der Waals surface area contributed by atoms with Gasteiger partial charge in [0.2, 0.25) is 0 Å². The van der Waals surface area contributed by atoms with E-state index >= 15 is 0 Å². The number of benzene rings is 1. The standard InChI is InChI=1S/C7H11N3O4S2/c1-9-16(13,14)10-15(11,12)7-4-2-6(8)3-5-7/h2-5,9-10H,8H2,1H3. The van der Waals surface area contributed by atoms with Gasteiger partial charge in [0, 0.05) is 12.7 Å². The molecule has 0 aliphatic rings. The lowest BCUT2D eigenvalue weighted by molar-refractivity contribution is 0.572. The van der Waals surface area contributed by atoms with Gasteiger partial charge in [0.1, 0.15) is 0 Å². The van der Waals surface area contributed by atoms with Crippen LogP contribution in [0.25, 0.3) is 0 Å². The second kappa shape index (κ2) is 4.37. The first-order chi connectivity index (χ1) is 7.27. The lowest BCUT2D eigenvalue weighted by atomic mass is 10.3. The molecule has 1 aromatic carbocycles. The van der Waals surface area contributed by atoms with E-state index in [1.807, 2.05) is 4.72 Å². The summed E-state index contributed by atoms with van der Waals surface area (Å²) < 4.78 is 48.5. The summed E-state index contributed by atoms with van der Waals surface area (Å²) in [4.78, 5) is -0.180. The van der Waals surface area contributed by atoms with Crippen LogP contribution < -0.4 is 14.6 Å². The number of hydrogen-bond acceptors (Lipinski definition) is 5. The Bertz CT molecular complexity index is 562. The van der Waals surface area contributed by atoms with Crippen molar-refractivity contribution >= 4 is 25.9 Å². The topological polar surface area (TPSA) is 118 Å². The Balaban J connectivity index is 3.09. The molecule has 1 aromatic rings. The summed E-state index contributed by atoms with van der Waals surface area (Å²) in [6, 6.07) is 5.15. The van der Waals surface area contributed by atoms with Crippen molar-refractivity contribution in [3.8, 4) is 0 Å². The Morgan fingerprint density at radius 3 is 2.00 bits per heavy atom. The molecule has 0 amide bonds. The number of anilines is 1. The first kappa shape index (κ1) is 12.9. The maximum Gasteiger partial charge on any atom is 0.290 e. The van der Waals surface area contributed by atoms with Crippen molar-refractivity contribution in [1.82, 2.24) is 8.85 Å². The highest BCUT2D eigenvalue weighted by molar-refractivity contribution is 8.03. The normalized spacial score (nSPS) is 12.6. The Hall–Kier alpha value is -1.16. The molecule has 4 N–H and O–H groups in total. The first-order valence-electron chi connectivity index (χ1n) is 4.09. The summed E-state index contributed by atoms with van der Waals surface area (Å²) in [6.07, 6.45) is 0. The largest absolute Gasteiger partial charge is 0.399 e. The Morgan fingerprint density at radius 1 is 1.06 bits per heavy atom. The Morgan fingerprint density at radius 2 is 1.56 bits per heavy atom. The van der Waals surface area contributed by atoms with Crippen LogP contribution in [-0.2, 0) is 20.2 Å². The molecule has 0 fully saturated rings. The molecule has 9 heteroatoms. The minimum atomic E-state index is -4.10. The minimum Gasteiger partial charge on any atom is -0.399 e. The van der Waals surface area contributed by atoms with E-state index in [2.05, 4.69) is 0 Å². The third-order valence-corrected chi connectivity index (χ3v) is 4.86. The Labute approximate surface area is 93.9 Å². The van der Waals surface area contributed by atoms with Crippen molar-refractivity contribution in [1.29, 1.82) is 0 Å². The van der Waals surface area contributed by atoms with Crippen molar-refractivity contribution in [2.24, 2.45) is 0 Å². The van der Waals surface area contributed by atoms with Crippen molar-refractivity contribution in [3.05, 3.63) is 24.3 Å². The summed E-state index contributed by atoms with van der Waals surface area (Å²) in [5.74, 6) is 0. The lowest BCUT2D eigenvalue weighted by Gasteiger charge is -2.06. The van der Waals surface area contributed by atoms with Crippen LogP contribution in [0, 0.1) is 0 Å². The zero-order chi connectivity index (χ0) is 12.4. The maximum absolute atomic E-state index is 11.5. The molecule has 0 spiro atoms. The molecule has 0 radical (unpaired) electrons. The Kier molecular flexibility index (Phi) is 3.53. The van der Waals surface area contributed by atoms with Crippen LogP contribution in [0.15, 0.2) is 29.2 Å². The van der Waals surface area contributed by atoms with E-state index in [4.69, 9.17) is 5.73 Å². The molecule has 0 bridgehead atoms. The second-order valence-electron chi connectivity index (χ2n) is 2.86. The molecule has 90 valence electrons. The minimum absolute atomic E-state index is 0.180. The van der Waals surface area contributed by atoms with Gasteiger partial charge in [-0.25, -0.2) is 13.1 Å². The highest BCUT2D eigenvalue weighted by Gasteiger charge is 2.20. The monoisotopic (exact) mass is 265 g/mol. The molecule has 7 nitrogen and oxygen atoms in total. The van der Waals surface area contributed by atoms with Gasteiger partial charge in [0.05, 0.1) is 4.90 Å². The number of rotatable bonds is 4. The van der Waals surface area contributed by atoms with Gasteiger partial charge in [0.15, 0.2) is 0 Å². The smallest absolute Gasteiger partial charge is 0.290 e. The highest BCUT2D eigenvalue weighted by atomic mass is 32.3. The van der Waals surface area contributed by atoms with Crippen molar-refractivity contribution in [2.75, 3.05) is 12.8 Å². The van der Waals surface area contributed by atoms with Crippen LogP contribution in [0.2, 0.25) is 0 Å². The maximum atomic E-state index is 11.5. The van der Waals surface area contributed by atoms with E-state index < -0.39 is 20.2 Å². The number of sulfonamides is 1. The predicted octanol–water partition coefficient (Wildman–Crippen LogP) is -0.989. The number of nitrogens with one attached hydrogen (secondary N) is 2. The fraction of sp³-hybridized carbons (Fsp3) is 0.143. The molecule has 1 rings (SSSR count). The van der Waals surface area contributed by atoms with Gasteiger partial charge in [-0.2, -0.15) is 8.42 Å². The van der Waals surface area contributed by atoms with E-state index in [0.717, 1.165) is 7.05 Å². The van der Waals surface area contributed by atoms with Crippen LogP contribution in [-0.4, -0.2) is 23.9 Å². The van der Waals surface area contributed by atoms with Gasteiger partial charge in [-0.15, -0.1) is 0 Å². The van der Waals surface area contributed by atoms with Gasteiger partial charge in [0.25, 0.3) is 20.2 Å². The molecule has 0 atom stereocenters. The number of nitrogen functional groups attached to an aromatic ring is 1. The summed E-state index contributed by atoms with van der Waals surface area (Å²) in [7, 11) is -7.06. The highest BCUT2D eigenvalue weighted by Crippen LogP contribution is 2.11. The van der Waals surface area contributed by atoms with Crippen LogP contribution >= 0.6 is 0 Å². The second-order valence-corrected chi connectivity index (χ2v) is 6.42. The van der Waals surface area contributed by atoms with Gasteiger partial charge < -0.3 is 5.73 Å². The summed E-state index contributed by atoms with van der Waals surface area (Å²) in [5, 5.41) is 0. The van der Waals surface area contributed by atoms with Gasteiger partial charge >= 0.3 is 0 Å². The van der Waals surface area contributed by atoms with Crippen LogP contribution in [0.1, 0.15) is 0 Å². The fourth-order valence-electron chi connectivity index (χ4n) is 0.881. The average Bonchev–Trinajstić information content (AvgIpc) is 2.17. The summed E-state index contributed by atoms with van der Waals surface area (Å²) in [5.41, 5.74) is 5.76. The lowest BCUT2D eigenvalue weighted by Crippen LogP contribution is -2.38. The molecule has 0 aromatic heterocycles. The van der Waals surface area contributed by atoms with E-state index in [1.165, 1.54) is 28.4 Å². The molecular formula is C7H11N3O4S2. The van der Waals surface area contributed by atoms with E-state index in [-0.39, 0.29) is 4.90 Å². The van der Waals surface area contributed by atoms with Crippen molar-refractivity contribution in [3.63, 3.8) is 0 Å². The molecular weight excluding hydrogens is 254 g/mol. The van der Waals surface area contributed by atoms with E-state index in [0.29, 0.717) is 5.69 Å². The molecule has 0 aliphatic carbocycles. The van der Waals surface area contributed by atoms with Crippen LogP contribution in [0.4, 0.5) is 5.69 Å². The summed E-state index contributed by atoms with van der Waals surface area (Å²) in [6.45, 7) is 0. The summed E-state index contributed by atoms with van der Waals surface area (Å²) >= 11 is 0. The molecule has 0 aliphatic heterocycles. The SMILES string of the molecule is CNS(=O)(=O)NS(=O)(=O)c1ccc(N)cc1. The molecule has 16 heavy (non-hydrogen) atoms. The van der Waals surface area contributed by atoms with Crippen LogP contribution in [0.3, 0.4) is 0 Å². The van der Waals surface area contributed by atoms with Crippen LogP contribution in [0.5, 0.6) is 0 Å². The third-order valence-electron chi connectivity index (χ3n) is 1.68. The van der Waals surface area contributed by atoms with Gasteiger partial charge in [-0.05, 0) is 24.3 Å². The van der Waals surface area contributed by atoms with Crippen molar-refractivity contribution < 1.29 is 16.8 Å². The van der Waals surface area contributed by atoms with E-state index in [9.17, 15) is 16.8 Å². The zero-order valence-electron chi connectivity index (χ0n) is 8.34. The predicted molar refractivity (Wildman–Crippen MR) is 59.2 cm³/mol. The molecule has 0 saturated carbocycles. The van der Waals surface area contributed by atoms with E-state index in [1.54, 1.807) is 0 Å². The average molecular weight is 265 g/mol. The fourth-order valence-corrected chi connectivity index (χ4v) is 3.25. The number of nitrogens with two attached hydrogens (primary N) is 1. The molecule has 0 unspecified atom stereocenters. The first-order valence-corrected chi connectivity index (χ1v) is 7.06. The number of hydrogen-bond donors (Lipinski definition) is 3. The third kappa shape index (κ3) is 3.17. The molecule has 0 heterocycles. The van der Waals surface area contributed by atoms with Crippen molar-refractivity contribution in [2.45, 2.75) is 4.90 Å². The zero-order valence-corrected chi connectivity index (χ0v) is 9.97.